The van der Waals surface area contributed by atoms with E-state index >= 15 is 0 Å². The van der Waals surface area contributed by atoms with E-state index in [1.165, 1.54) is 0 Å². The van der Waals surface area contributed by atoms with Crippen molar-refractivity contribution >= 4 is 12.6 Å². The van der Waals surface area contributed by atoms with Crippen LogP contribution in [0.1, 0.15) is 6.92 Å². The van der Waals surface area contributed by atoms with Crippen LogP contribution in [0.25, 0.3) is 0 Å². The number of thiol groups is 1. The fourth-order valence-electron chi connectivity index (χ4n) is 0.673. The molecule has 8 heavy (non-hydrogen) atoms. The lowest BCUT2D eigenvalue weighted by Gasteiger charge is -2.28. The van der Waals surface area contributed by atoms with Crippen molar-refractivity contribution in [2.45, 2.75) is 18.3 Å². The van der Waals surface area contributed by atoms with E-state index in [4.69, 9.17) is 4.74 Å². The zero-order valence-corrected chi connectivity index (χ0v) is 5.82. The summed E-state index contributed by atoms with van der Waals surface area (Å²) in [7, 11) is 0. The maximum Gasteiger partial charge on any atom is 0.0643 e. The van der Waals surface area contributed by atoms with Crippen LogP contribution in [0.2, 0.25) is 0 Å². The largest absolute Gasteiger partial charge is 0.378 e. The van der Waals surface area contributed by atoms with Gasteiger partial charge in [-0.1, -0.05) is 0 Å². The number of ether oxygens (including phenoxy) is 1. The van der Waals surface area contributed by atoms with E-state index in [9.17, 15) is 0 Å². The average molecular weight is 133 g/mol. The molecule has 0 spiro atoms. The van der Waals surface area contributed by atoms with Gasteiger partial charge in [-0.2, -0.15) is 12.6 Å². The molecule has 1 N–H and O–H groups in total. The minimum Gasteiger partial charge on any atom is -0.378 e. The number of rotatable bonds is 2. The highest BCUT2D eigenvalue weighted by Gasteiger charge is 2.17. The van der Waals surface area contributed by atoms with Crippen LogP contribution < -0.4 is 5.32 Å². The molecule has 0 aromatic carbocycles. The van der Waals surface area contributed by atoms with E-state index in [1.54, 1.807) is 0 Å². The topological polar surface area (TPSA) is 21.3 Å². The van der Waals surface area contributed by atoms with E-state index in [0.717, 1.165) is 13.2 Å². The first-order valence-electron chi connectivity index (χ1n) is 2.81. The second-order valence-corrected chi connectivity index (χ2v) is 2.85. The molecule has 0 saturated carbocycles. The lowest BCUT2D eigenvalue weighted by atomic mass is 10.3. The maximum atomic E-state index is 4.94. The summed E-state index contributed by atoms with van der Waals surface area (Å²) in [5.74, 6) is 0. The van der Waals surface area contributed by atoms with E-state index in [-0.39, 0.29) is 0 Å². The molecule has 0 bridgehead atoms. The van der Waals surface area contributed by atoms with Crippen LogP contribution in [0, 0.1) is 0 Å². The second-order valence-electron chi connectivity index (χ2n) is 2.08. The Morgan fingerprint density at radius 1 is 1.75 bits per heavy atom. The van der Waals surface area contributed by atoms with Gasteiger partial charge in [0.1, 0.15) is 0 Å². The zero-order chi connectivity index (χ0) is 5.98. The molecule has 1 aliphatic rings. The minimum atomic E-state index is 0.295. The molecule has 2 nitrogen and oxygen atoms in total. The smallest absolute Gasteiger partial charge is 0.0643 e. The van der Waals surface area contributed by atoms with Gasteiger partial charge in [0.2, 0.25) is 0 Å². The van der Waals surface area contributed by atoms with Gasteiger partial charge in [-0.15, -0.1) is 0 Å². The van der Waals surface area contributed by atoms with Gasteiger partial charge >= 0.3 is 0 Å². The first-order chi connectivity index (χ1) is 3.79. The van der Waals surface area contributed by atoms with Gasteiger partial charge in [-0.05, 0) is 6.92 Å². The van der Waals surface area contributed by atoms with Crippen molar-refractivity contribution in [3.05, 3.63) is 0 Å². The summed E-state index contributed by atoms with van der Waals surface area (Å²) >= 11 is 4.16. The molecule has 0 unspecified atom stereocenters. The predicted molar refractivity (Wildman–Crippen MR) is 36.2 cm³/mol. The molecule has 0 aromatic heterocycles. The summed E-state index contributed by atoms with van der Waals surface area (Å²) in [6.07, 6.45) is 0. The number of nitrogens with one attached hydrogen (secondary N) is 1. The van der Waals surface area contributed by atoms with Gasteiger partial charge in [-0.25, -0.2) is 0 Å². The predicted octanol–water partition coefficient (Wildman–Crippen LogP) is 0.251. The van der Waals surface area contributed by atoms with Crippen LogP contribution >= 0.6 is 12.6 Å². The van der Waals surface area contributed by atoms with Crippen molar-refractivity contribution in [1.29, 1.82) is 0 Å². The summed E-state index contributed by atoms with van der Waals surface area (Å²) < 4.78 is 4.94. The molecule has 1 aliphatic heterocycles. The molecule has 0 aliphatic carbocycles. The zero-order valence-electron chi connectivity index (χ0n) is 4.92. The van der Waals surface area contributed by atoms with E-state index in [2.05, 4.69) is 17.9 Å². The fraction of sp³-hybridized carbons (Fsp3) is 1.00. The molecule has 1 fully saturated rings. The van der Waals surface area contributed by atoms with Crippen molar-refractivity contribution in [1.82, 2.24) is 5.32 Å². The highest BCUT2D eigenvalue weighted by Crippen LogP contribution is 2.01. The third-order valence-electron chi connectivity index (χ3n) is 1.11. The molecule has 48 valence electrons. The van der Waals surface area contributed by atoms with Gasteiger partial charge in [0.25, 0.3) is 0 Å². The van der Waals surface area contributed by atoms with Crippen molar-refractivity contribution < 1.29 is 4.74 Å². The third kappa shape index (κ3) is 1.65. The molecule has 0 radical (unpaired) electrons. The van der Waals surface area contributed by atoms with Crippen LogP contribution in [-0.4, -0.2) is 24.6 Å². The van der Waals surface area contributed by atoms with Crippen molar-refractivity contribution in [2.75, 3.05) is 13.2 Å². The van der Waals surface area contributed by atoms with Gasteiger partial charge in [0, 0.05) is 5.37 Å². The monoisotopic (exact) mass is 133 g/mol. The minimum absolute atomic E-state index is 0.295. The Hall–Kier alpha value is 0.270. The summed E-state index contributed by atoms with van der Waals surface area (Å²) in [5.41, 5.74) is 0. The molecule has 1 rings (SSSR count). The Morgan fingerprint density at radius 2 is 2.38 bits per heavy atom. The van der Waals surface area contributed by atoms with E-state index < -0.39 is 0 Å². The van der Waals surface area contributed by atoms with Crippen LogP contribution in [0.3, 0.4) is 0 Å². The molecular weight excluding hydrogens is 122 g/mol. The third-order valence-corrected chi connectivity index (χ3v) is 1.26. The molecule has 1 heterocycles. The van der Waals surface area contributed by atoms with Crippen LogP contribution in [0.5, 0.6) is 0 Å². The van der Waals surface area contributed by atoms with E-state index in [1.807, 2.05) is 6.92 Å². The van der Waals surface area contributed by atoms with Gasteiger partial charge < -0.3 is 4.74 Å². The summed E-state index contributed by atoms with van der Waals surface area (Å²) in [4.78, 5) is 0. The Kier molecular flexibility index (Phi) is 2.16. The Morgan fingerprint density at radius 3 is 2.50 bits per heavy atom. The number of hydrogen-bond acceptors (Lipinski definition) is 3. The Bertz CT molecular complexity index is 72.8. The Labute approximate surface area is 55.0 Å². The molecule has 0 aromatic rings. The van der Waals surface area contributed by atoms with Crippen molar-refractivity contribution in [2.24, 2.45) is 0 Å². The molecule has 1 saturated heterocycles. The summed E-state index contributed by atoms with van der Waals surface area (Å²) in [6.45, 7) is 3.72. The second kappa shape index (κ2) is 2.71. The molecular formula is C5H11NOS. The van der Waals surface area contributed by atoms with Crippen molar-refractivity contribution in [3.63, 3.8) is 0 Å². The quantitative estimate of drug-likeness (QED) is 0.416. The van der Waals surface area contributed by atoms with Gasteiger partial charge in [-0.3, -0.25) is 5.32 Å². The highest BCUT2D eigenvalue weighted by molar-refractivity contribution is 7.80. The van der Waals surface area contributed by atoms with E-state index in [0.29, 0.717) is 11.4 Å². The SMILES string of the molecule is C[C@H](S)NC1COC1. The number of hydrogen-bond donors (Lipinski definition) is 2. The highest BCUT2D eigenvalue weighted by atomic mass is 32.1. The molecule has 1 atom stereocenters. The standard InChI is InChI=1S/C5H11NOS/c1-4(8)6-5-2-7-3-5/h4-6,8H,2-3H2,1H3/t4-/m0/s1. The molecule has 0 amide bonds. The van der Waals surface area contributed by atoms with Crippen molar-refractivity contribution in [3.8, 4) is 0 Å². The van der Waals surface area contributed by atoms with Crippen LogP contribution in [0.15, 0.2) is 0 Å². The van der Waals surface area contributed by atoms with Crippen LogP contribution in [-0.2, 0) is 4.74 Å². The maximum absolute atomic E-state index is 4.94. The Balaban J connectivity index is 2.01. The molecule has 3 heteroatoms. The summed E-state index contributed by atoms with van der Waals surface area (Å²) in [5, 5.41) is 3.51. The normalized spacial score (nSPS) is 24.8. The van der Waals surface area contributed by atoms with Gasteiger partial charge in [0.05, 0.1) is 19.3 Å². The van der Waals surface area contributed by atoms with Gasteiger partial charge in [0.15, 0.2) is 0 Å². The first-order valence-corrected chi connectivity index (χ1v) is 3.32. The summed E-state index contributed by atoms with van der Waals surface area (Å²) in [6, 6.07) is 0.558. The average Bonchev–Trinajstić information content (AvgIpc) is 1.55. The lowest BCUT2D eigenvalue weighted by Crippen LogP contribution is -2.48. The fourth-order valence-corrected chi connectivity index (χ4v) is 0.884. The first kappa shape index (κ1) is 6.39. The lowest BCUT2D eigenvalue weighted by molar-refractivity contribution is -0.00545. The van der Waals surface area contributed by atoms with Crippen LogP contribution in [0.4, 0.5) is 0 Å².